The van der Waals surface area contributed by atoms with Gasteiger partial charge in [0.2, 0.25) is 0 Å². The Morgan fingerprint density at radius 1 is 1.04 bits per heavy atom. The zero-order chi connectivity index (χ0) is 18.9. The maximum Gasteiger partial charge on any atom is 0.251 e. The van der Waals surface area contributed by atoms with E-state index in [2.05, 4.69) is 10.3 Å². The highest BCUT2D eigenvalue weighted by Gasteiger charge is 2.52. The maximum atomic E-state index is 13.5. The van der Waals surface area contributed by atoms with E-state index in [1.165, 1.54) is 12.1 Å². The van der Waals surface area contributed by atoms with Crippen LogP contribution in [0.1, 0.15) is 65.7 Å². The number of hydrogen-bond acceptors (Lipinski definition) is 3. The van der Waals surface area contributed by atoms with Gasteiger partial charge in [-0.2, -0.15) is 0 Å². The van der Waals surface area contributed by atoms with Crippen molar-refractivity contribution in [2.75, 3.05) is 0 Å². The molecule has 5 heteroatoms. The Hall–Kier alpha value is -2.56. The average molecular weight is 366 g/mol. The van der Waals surface area contributed by atoms with Gasteiger partial charge >= 0.3 is 0 Å². The number of carbonyl (C=O) groups excluding carboxylic acids is 2. The molecular formula is C22H23FN2O2. The van der Waals surface area contributed by atoms with Crippen molar-refractivity contribution in [3.05, 3.63) is 65.7 Å². The number of fused-ring (bicyclic) bond motifs is 2. The Bertz CT molecular complexity index is 870. The lowest BCUT2D eigenvalue weighted by atomic mass is 9.70. The summed E-state index contributed by atoms with van der Waals surface area (Å²) in [6, 6.07) is 9.35. The molecule has 2 bridgehead atoms. The largest absolute Gasteiger partial charge is 0.347 e. The number of benzene rings is 1. The smallest absolute Gasteiger partial charge is 0.251 e. The molecule has 27 heavy (non-hydrogen) atoms. The molecule has 2 atom stereocenters. The molecule has 1 N–H and O–H groups in total. The van der Waals surface area contributed by atoms with Crippen molar-refractivity contribution >= 4 is 11.7 Å². The van der Waals surface area contributed by atoms with Crippen LogP contribution in [0.25, 0.3) is 0 Å². The van der Waals surface area contributed by atoms with Crippen LogP contribution in [0.15, 0.2) is 48.8 Å². The Balaban J connectivity index is 1.48. The van der Waals surface area contributed by atoms with E-state index in [-0.39, 0.29) is 28.5 Å². The van der Waals surface area contributed by atoms with Crippen LogP contribution in [0.2, 0.25) is 0 Å². The van der Waals surface area contributed by atoms with Gasteiger partial charge in [0.1, 0.15) is 5.82 Å². The van der Waals surface area contributed by atoms with Crippen molar-refractivity contribution in [3.63, 3.8) is 0 Å². The van der Waals surface area contributed by atoms with E-state index < -0.39 is 0 Å². The number of pyridine rings is 1. The van der Waals surface area contributed by atoms with Gasteiger partial charge < -0.3 is 5.32 Å². The van der Waals surface area contributed by atoms with Gasteiger partial charge in [0.15, 0.2) is 5.78 Å². The second-order valence-electron chi connectivity index (χ2n) is 8.11. The highest BCUT2D eigenvalue weighted by molar-refractivity contribution is 5.96. The summed E-state index contributed by atoms with van der Waals surface area (Å²) < 4.78 is 13.5. The fourth-order valence-corrected chi connectivity index (χ4v) is 4.96. The average Bonchev–Trinajstić information content (AvgIpc) is 2.92. The summed E-state index contributed by atoms with van der Waals surface area (Å²) in [5.41, 5.74) is 0.722. The van der Waals surface area contributed by atoms with Gasteiger partial charge in [0.05, 0.1) is 0 Å². The van der Waals surface area contributed by atoms with Crippen LogP contribution in [-0.4, -0.2) is 22.2 Å². The van der Waals surface area contributed by atoms with Gasteiger partial charge in [-0.1, -0.05) is 18.6 Å². The summed E-state index contributed by atoms with van der Waals surface area (Å²) in [7, 11) is 0. The summed E-state index contributed by atoms with van der Waals surface area (Å²) in [5, 5.41) is 3.25. The molecule has 1 heterocycles. The number of carbonyl (C=O) groups is 2. The predicted octanol–water partition coefficient (Wildman–Crippen LogP) is 4.32. The molecule has 2 aliphatic rings. The molecule has 0 saturated heterocycles. The van der Waals surface area contributed by atoms with Gasteiger partial charge in [-0.25, -0.2) is 4.39 Å². The summed E-state index contributed by atoms with van der Waals surface area (Å²) >= 11 is 0. The molecular weight excluding hydrogens is 343 g/mol. The Morgan fingerprint density at radius 3 is 2.63 bits per heavy atom. The van der Waals surface area contributed by atoms with E-state index in [1.54, 1.807) is 36.7 Å². The third-order valence-corrected chi connectivity index (χ3v) is 6.21. The van der Waals surface area contributed by atoms with E-state index in [1.807, 2.05) is 0 Å². The van der Waals surface area contributed by atoms with Crippen LogP contribution < -0.4 is 5.32 Å². The Kier molecular flexibility index (Phi) is 4.54. The van der Waals surface area contributed by atoms with Crippen LogP contribution in [0.3, 0.4) is 0 Å². The predicted molar refractivity (Wildman–Crippen MR) is 99.9 cm³/mol. The first-order valence-corrected chi connectivity index (χ1v) is 9.51. The molecule has 2 saturated carbocycles. The van der Waals surface area contributed by atoms with Crippen LogP contribution in [-0.2, 0) is 0 Å². The lowest BCUT2D eigenvalue weighted by molar-refractivity contribution is 0.0803. The Labute approximate surface area is 158 Å². The molecule has 2 aliphatic carbocycles. The van der Waals surface area contributed by atoms with Gasteiger partial charge in [-0.3, -0.25) is 14.6 Å². The highest BCUT2D eigenvalue weighted by atomic mass is 19.1. The van der Waals surface area contributed by atoms with Gasteiger partial charge in [0.25, 0.3) is 5.91 Å². The standard InChI is InChI=1S/C22H23FN2O2/c23-18-4-1-3-17(13-18)19(26)14-21-7-2-8-22(15-21,10-9-21)25-20(27)16-5-11-24-12-6-16/h1,3-6,11-13H,2,7-10,14-15H2,(H,25,27). The quantitative estimate of drug-likeness (QED) is 0.802. The molecule has 0 aliphatic heterocycles. The minimum absolute atomic E-state index is 0.00680. The number of amides is 1. The third-order valence-electron chi connectivity index (χ3n) is 6.21. The van der Waals surface area contributed by atoms with E-state index in [0.29, 0.717) is 17.5 Å². The van der Waals surface area contributed by atoms with Crippen molar-refractivity contribution in [2.24, 2.45) is 5.41 Å². The zero-order valence-electron chi connectivity index (χ0n) is 15.2. The molecule has 1 aromatic carbocycles. The van der Waals surface area contributed by atoms with Gasteiger partial charge in [0, 0.05) is 35.5 Å². The normalized spacial score (nSPS) is 26.6. The fourth-order valence-electron chi connectivity index (χ4n) is 4.96. The van der Waals surface area contributed by atoms with Gasteiger partial charge in [-0.15, -0.1) is 0 Å². The van der Waals surface area contributed by atoms with E-state index in [9.17, 15) is 14.0 Å². The third kappa shape index (κ3) is 3.64. The molecule has 4 nitrogen and oxygen atoms in total. The summed E-state index contributed by atoms with van der Waals surface area (Å²) in [5.74, 6) is -0.466. The molecule has 0 spiro atoms. The first-order valence-electron chi connectivity index (χ1n) is 9.51. The van der Waals surface area contributed by atoms with Gasteiger partial charge in [-0.05, 0) is 61.8 Å². The van der Waals surface area contributed by atoms with Crippen molar-refractivity contribution in [2.45, 2.75) is 50.5 Å². The molecule has 0 radical (unpaired) electrons. The topological polar surface area (TPSA) is 59.1 Å². The minimum atomic E-state index is -0.382. The molecule has 140 valence electrons. The summed E-state index contributed by atoms with van der Waals surface area (Å²) in [6.45, 7) is 0. The summed E-state index contributed by atoms with van der Waals surface area (Å²) in [6.07, 6.45) is 9.20. The minimum Gasteiger partial charge on any atom is -0.347 e. The highest BCUT2D eigenvalue weighted by Crippen LogP contribution is 2.55. The monoisotopic (exact) mass is 366 g/mol. The van der Waals surface area contributed by atoms with E-state index in [4.69, 9.17) is 0 Å². The van der Waals surface area contributed by atoms with Crippen molar-refractivity contribution in [1.82, 2.24) is 10.3 Å². The first-order chi connectivity index (χ1) is 13.0. The molecule has 2 unspecified atom stereocenters. The number of rotatable bonds is 5. The first kappa shape index (κ1) is 17.8. The molecule has 1 aromatic heterocycles. The fraction of sp³-hybridized carbons (Fsp3) is 0.409. The van der Waals surface area contributed by atoms with Crippen molar-refractivity contribution in [3.8, 4) is 0 Å². The molecule has 1 amide bonds. The van der Waals surface area contributed by atoms with E-state index in [0.717, 1.165) is 38.5 Å². The number of nitrogens with one attached hydrogen (secondary N) is 1. The number of halogens is 1. The molecule has 2 fully saturated rings. The number of hydrogen-bond donors (Lipinski definition) is 1. The zero-order valence-corrected chi connectivity index (χ0v) is 15.2. The van der Waals surface area contributed by atoms with Crippen molar-refractivity contribution in [1.29, 1.82) is 0 Å². The SMILES string of the molecule is O=C(CC12CCCC(NC(=O)c3ccncc3)(CC1)C2)c1cccc(F)c1. The van der Waals surface area contributed by atoms with Crippen molar-refractivity contribution < 1.29 is 14.0 Å². The van der Waals surface area contributed by atoms with E-state index >= 15 is 0 Å². The number of aromatic nitrogens is 1. The second kappa shape index (κ2) is 6.87. The number of ketones is 1. The number of Topliss-reactive ketones (excluding diaryl/α,β-unsaturated/α-hetero) is 1. The van der Waals surface area contributed by atoms with Crippen LogP contribution in [0, 0.1) is 11.2 Å². The maximum absolute atomic E-state index is 13.5. The van der Waals surface area contributed by atoms with Crippen LogP contribution in [0.4, 0.5) is 4.39 Å². The van der Waals surface area contributed by atoms with Crippen LogP contribution in [0.5, 0.6) is 0 Å². The lowest BCUT2D eigenvalue weighted by Crippen LogP contribution is -2.49. The second-order valence-corrected chi connectivity index (χ2v) is 8.11. The number of nitrogens with zero attached hydrogens (tertiary/aromatic N) is 1. The summed E-state index contributed by atoms with van der Waals surface area (Å²) in [4.78, 5) is 29.3. The Morgan fingerprint density at radius 2 is 1.85 bits per heavy atom. The molecule has 2 aromatic rings. The lowest BCUT2D eigenvalue weighted by Gasteiger charge is -2.40. The molecule has 4 rings (SSSR count). The van der Waals surface area contributed by atoms with Crippen LogP contribution >= 0.6 is 0 Å².